The minimum absolute atomic E-state index is 0.102. The Hall–Kier alpha value is -3.57. The van der Waals surface area contributed by atoms with E-state index in [1.165, 1.54) is 11.1 Å². The maximum absolute atomic E-state index is 10.7. The van der Waals surface area contributed by atoms with Crippen molar-refractivity contribution in [1.82, 2.24) is 24.8 Å². The lowest BCUT2D eigenvalue weighted by atomic mass is 9.91. The molecule has 1 saturated heterocycles. The molecule has 0 amide bonds. The molecule has 1 aliphatic heterocycles. The lowest BCUT2D eigenvalue weighted by Crippen LogP contribution is -2.35. The molecule has 0 bridgehead atoms. The summed E-state index contributed by atoms with van der Waals surface area (Å²) < 4.78 is 1.83. The van der Waals surface area contributed by atoms with Crippen LogP contribution in [-0.2, 0) is 0 Å². The van der Waals surface area contributed by atoms with Crippen LogP contribution in [0.25, 0.3) is 11.2 Å². The molecule has 7 N–H and O–H groups in total. The number of hydrogen-bond acceptors (Lipinski definition) is 9. The topological polar surface area (TPSA) is 146 Å². The van der Waals surface area contributed by atoms with Crippen molar-refractivity contribution in [2.24, 2.45) is 5.73 Å². The largest absolute Gasteiger partial charge is 0.389 e. The second-order valence-electron chi connectivity index (χ2n) is 10.3. The Morgan fingerprint density at radius 2 is 1.71 bits per heavy atom. The van der Waals surface area contributed by atoms with Gasteiger partial charge in [-0.15, -0.1) is 0 Å². The molecule has 6 rings (SSSR count). The summed E-state index contributed by atoms with van der Waals surface area (Å²) in [6.07, 6.45) is 1.09. The second-order valence-corrected chi connectivity index (χ2v) is 10.3. The molecule has 10 heteroatoms. The number of aromatic nitrogens is 4. The van der Waals surface area contributed by atoms with E-state index in [-0.39, 0.29) is 12.0 Å². The van der Waals surface area contributed by atoms with E-state index in [2.05, 4.69) is 69.5 Å². The standard InChI is InChI=1S/C28H34N8O2/c29-21-13-22(25(38)24(21)37)36-16-32-23-26(34-28(35-27(23)36)33-19-11-12-30-14-19)31-15-20(17-7-3-1-4-8-17)18-9-5-2-6-10-18/h1-10,16,19-22,24-25,30,37-38H,11-15,29H2,(H2,31,33,34,35)/t19-,21+,22-,24-,25+/m1/s1. The van der Waals surface area contributed by atoms with Gasteiger partial charge >= 0.3 is 0 Å². The van der Waals surface area contributed by atoms with Crippen LogP contribution in [0.3, 0.4) is 0 Å². The normalized spacial score (nSPS) is 25.3. The molecule has 38 heavy (non-hydrogen) atoms. The van der Waals surface area contributed by atoms with E-state index in [4.69, 9.17) is 15.7 Å². The Morgan fingerprint density at radius 1 is 1.00 bits per heavy atom. The van der Waals surface area contributed by atoms with Gasteiger partial charge in [0.2, 0.25) is 5.95 Å². The van der Waals surface area contributed by atoms with Crippen molar-refractivity contribution in [3.8, 4) is 0 Å². The molecule has 0 radical (unpaired) electrons. The minimum atomic E-state index is -0.996. The van der Waals surface area contributed by atoms with Gasteiger partial charge in [0.25, 0.3) is 0 Å². The maximum atomic E-state index is 10.7. The van der Waals surface area contributed by atoms with Crippen molar-refractivity contribution in [3.63, 3.8) is 0 Å². The number of rotatable bonds is 8. The van der Waals surface area contributed by atoms with Crippen LogP contribution in [0.5, 0.6) is 0 Å². The van der Waals surface area contributed by atoms with Gasteiger partial charge in [-0.3, -0.25) is 0 Å². The van der Waals surface area contributed by atoms with Gasteiger partial charge in [0, 0.05) is 31.1 Å². The molecule has 4 aromatic rings. The Kier molecular flexibility index (Phi) is 6.94. The van der Waals surface area contributed by atoms with Crippen molar-refractivity contribution in [2.75, 3.05) is 30.3 Å². The zero-order valence-corrected chi connectivity index (χ0v) is 21.1. The monoisotopic (exact) mass is 514 g/mol. The highest BCUT2D eigenvalue weighted by atomic mass is 16.3. The smallest absolute Gasteiger partial charge is 0.227 e. The molecule has 0 spiro atoms. The summed E-state index contributed by atoms with van der Waals surface area (Å²) in [5, 5.41) is 31.4. The first-order valence-corrected chi connectivity index (χ1v) is 13.3. The number of aliphatic hydroxyl groups excluding tert-OH is 2. The third-order valence-electron chi connectivity index (χ3n) is 7.75. The van der Waals surface area contributed by atoms with Crippen molar-refractivity contribution in [3.05, 3.63) is 78.1 Å². The van der Waals surface area contributed by atoms with Gasteiger partial charge in [-0.2, -0.15) is 9.97 Å². The molecular weight excluding hydrogens is 480 g/mol. The summed E-state index contributed by atoms with van der Waals surface area (Å²) in [6.45, 7) is 2.39. The maximum Gasteiger partial charge on any atom is 0.227 e. The van der Waals surface area contributed by atoms with Crippen molar-refractivity contribution in [1.29, 1.82) is 0 Å². The lowest BCUT2D eigenvalue weighted by Gasteiger charge is -2.21. The Morgan fingerprint density at radius 3 is 2.32 bits per heavy atom. The predicted molar refractivity (Wildman–Crippen MR) is 147 cm³/mol. The van der Waals surface area contributed by atoms with Gasteiger partial charge in [-0.1, -0.05) is 60.7 Å². The van der Waals surface area contributed by atoms with Crippen LogP contribution >= 0.6 is 0 Å². The molecule has 2 aromatic carbocycles. The molecule has 3 heterocycles. The highest BCUT2D eigenvalue weighted by Gasteiger charge is 2.41. The van der Waals surface area contributed by atoms with E-state index in [1.807, 2.05) is 16.7 Å². The quantitative estimate of drug-likeness (QED) is 0.207. The number of nitrogens with one attached hydrogen (secondary N) is 3. The van der Waals surface area contributed by atoms with E-state index in [1.54, 1.807) is 6.33 Å². The zero-order valence-electron chi connectivity index (χ0n) is 21.1. The van der Waals surface area contributed by atoms with Crippen LogP contribution in [0.4, 0.5) is 11.8 Å². The first-order valence-electron chi connectivity index (χ1n) is 13.3. The van der Waals surface area contributed by atoms with Crippen molar-refractivity contribution in [2.45, 2.75) is 49.1 Å². The molecule has 2 fully saturated rings. The van der Waals surface area contributed by atoms with Gasteiger partial charge in [0.15, 0.2) is 17.0 Å². The fraction of sp³-hybridized carbons (Fsp3) is 0.393. The van der Waals surface area contributed by atoms with Crippen molar-refractivity contribution >= 4 is 22.9 Å². The third-order valence-corrected chi connectivity index (χ3v) is 7.75. The molecule has 2 aromatic heterocycles. The molecule has 0 unspecified atom stereocenters. The molecule has 1 saturated carbocycles. The van der Waals surface area contributed by atoms with Crippen LogP contribution < -0.4 is 21.7 Å². The van der Waals surface area contributed by atoms with Gasteiger partial charge in [-0.05, 0) is 30.5 Å². The van der Waals surface area contributed by atoms with Gasteiger partial charge in [0.1, 0.15) is 6.10 Å². The Balaban J connectivity index is 1.36. The number of fused-ring (bicyclic) bond motifs is 1. The average molecular weight is 515 g/mol. The van der Waals surface area contributed by atoms with E-state index in [0.29, 0.717) is 35.9 Å². The third kappa shape index (κ3) is 4.83. The highest BCUT2D eigenvalue weighted by molar-refractivity contribution is 5.84. The van der Waals surface area contributed by atoms with Crippen LogP contribution in [-0.4, -0.2) is 73.7 Å². The lowest BCUT2D eigenvalue weighted by molar-refractivity contribution is 0.0187. The van der Waals surface area contributed by atoms with Gasteiger partial charge in [0.05, 0.1) is 18.5 Å². The van der Waals surface area contributed by atoms with Crippen LogP contribution in [0, 0.1) is 0 Å². The number of anilines is 2. The van der Waals surface area contributed by atoms with E-state index < -0.39 is 24.3 Å². The summed E-state index contributed by atoms with van der Waals surface area (Å²) >= 11 is 0. The SMILES string of the molecule is N[C@H]1C[C@@H](n2cnc3c(NCC(c4ccccc4)c4ccccc4)nc(N[C@@H]4CCNC4)nc32)[C@H](O)[C@@H]1O. The number of aliphatic hydroxyl groups is 2. The van der Waals surface area contributed by atoms with E-state index in [9.17, 15) is 10.2 Å². The Bertz CT molecular complexity index is 1320. The molecular formula is C28H34N8O2. The fourth-order valence-electron chi connectivity index (χ4n) is 5.62. The first kappa shape index (κ1) is 24.7. The molecule has 5 atom stereocenters. The summed E-state index contributed by atoms with van der Waals surface area (Å²) in [5.74, 6) is 1.23. The van der Waals surface area contributed by atoms with Crippen molar-refractivity contribution < 1.29 is 10.2 Å². The van der Waals surface area contributed by atoms with E-state index in [0.717, 1.165) is 19.5 Å². The summed E-state index contributed by atoms with van der Waals surface area (Å²) in [6, 6.07) is 20.1. The Labute approximate surface area is 221 Å². The molecule has 198 valence electrons. The number of nitrogens with two attached hydrogens (primary N) is 1. The fourth-order valence-corrected chi connectivity index (χ4v) is 5.62. The molecule has 1 aliphatic carbocycles. The summed E-state index contributed by atoms with van der Waals surface area (Å²) in [4.78, 5) is 14.3. The minimum Gasteiger partial charge on any atom is -0.389 e. The van der Waals surface area contributed by atoms with Crippen LogP contribution in [0.2, 0.25) is 0 Å². The number of imidazole rings is 1. The van der Waals surface area contributed by atoms with Crippen LogP contribution in [0.1, 0.15) is 35.9 Å². The summed E-state index contributed by atoms with van der Waals surface area (Å²) in [5.41, 5.74) is 9.68. The number of hydrogen-bond donors (Lipinski definition) is 6. The highest BCUT2D eigenvalue weighted by Crippen LogP contribution is 2.34. The summed E-state index contributed by atoms with van der Waals surface area (Å²) in [7, 11) is 0. The van der Waals surface area contributed by atoms with E-state index >= 15 is 0 Å². The van der Waals surface area contributed by atoms with Gasteiger partial charge < -0.3 is 36.5 Å². The zero-order chi connectivity index (χ0) is 26.1. The first-order chi connectivity index (χ1) is 18.6. The van der Waals surface area contributed by atoms with Gasteiger partial charge in [-0.25, -0.2) is 4.98 Å². The second kappa shape index (κ2) is 10.7. The average Bonchev–Trinajstić information content (AvgIpc) is 3.67. The van der Waals surface area contributed by atoms with Crippen LogP contribution in [0.15, 0.2) is 67.0 Å². The molecule has 2 aliphatic rings. The predicted octanol–water partition coefficient (Wildman–Crippen LogP) is 1.84. The number of benzene rings is 2. The number of nitrogens with zero attached hydrogens (tertiary/aromatic N) is 4. The molecule has 10 nitrogen and oxygen atoms in total.